The molecule has 1 heterocycles. The van der Waals surface area contributed by atoms with Gasteiger partial charge in [0.15, 0.2) is 0 Å². The first-order chi connectivity index (χ1) is 9.86. The molecule has 21 heavy (non-hydrogen) atoms. The van der Waals surface area contributed by atoms with Gasteiger partial charge in [-0.1, -0.05) is 6.92 Å². The second-order valence-electron chi connectivity index (χ2n) is 5.52. The lowest BCUT2D eigenvalue weighted by Gasteiger charge is -2.34. The van der Waals surface area contributed by atoms with Crippen molar-refractivity contribution < 1.29 is 4.79 Å². The van der Waals surface area contributed by atoms with Crippen LogP contribution in [0.2, 0.25) is 0 Å². The van der Waals surface area contributed by atoms with Gasteiger partial charge in [0.05, 0.1) is 0 Å². The average Bonchev–Trinajstić information content (AvgIpc) is 2.38. The van der Waals surface area contributed by atoms with Crippen molar-refractivity contribution in [3.63, 3.8) is 0 Å². The van der Waals surface area contributed by atoms with E-state index in [0.29, 0.717) is 12.2 Å². The predicted octanol–water partition coefficient (Wildman–Crippen LogP) is 3.03. The van der Waals surface area contributed by atoms with E-state index in [1.807, 2.05) is 51.7 Å². The monoisotopic (exact) mass is 404 g/mol. The third-order valence-corrected chi connectivity index (χ3v) is 3.84. The number of carbonyl (C=O) groups excluding carboxylic acids is 1. The van der Waals surface area contributed by atoms with E-state index in [1.54, 1.807) is 6.20 Å². The van der Waals surface area contributed by atoms with Crippen molar-refractivity contribution in [2.24, 2.45) is 0 Å². The number of hydrazine groups is 1. The van der Waals surface area contributed by atoms with Crippen molar-refractivity contribution in [1.29, 1.82) is 0 Å². The molecule has 0 aliphatic heterocycles. The summed E-state index contributed by atoms with van der Waals surface area (Å²) in [4.78, 5) is 18.8. The van der Waals surface area contributed by atoms with Crippen LogP contribution in [0.15, 0.2) is 18.3 Å². The van der Waals surface area contributed by atoms with Gasteiger partial charge in [-0.3, -0.25) is 4.79 Å². The number of carbonyl (C=O) groups is 1. The number of nitrogens with one attached hydrogen (secondary N) is 2. The maximum Gasteiger partial charge on any atom is 0.241 e. The van der Waals surface area contributed by atoms with E-state index in [9.17, 15) is 4.79 Å². The standard InChI is InChI=1S/C15H25IN4O/c1-6-13(15(21)20(10(2)3)11(4)5)18-19-14-9-12(16)7-8-17-14/h7-11,13,18H,6H2,1-5H3,(H,17,19). The lowest BCUT2D eigenvalue weighted by Crippen LogP contribution is -2.52. The molecular weight excluding hydrogens is 379 g/mol. The van der Waals surface area contributed by atoms with Crippen molar-refractivity contribution in [2.45, 2.75) is 59.2 Å². The van der Waals surface area contributed by atoms with Gasteiger partial charge in [0.25, 0.3) is 0 Å². The number of halogens is 1. The van der Waals surface area contributed by atoms with Crippen LogP contribution < -0.4 is 10.9 Å². The van der Waals surface area contributed by atoms with E-state index in [-0.39, 0.29) is 24.0 Å². The minimum atomic E-state index is -0.269. The fourth-order valence-corrected chi connectivity index (χ4v) is 2.71. The van der Waals surface area contributed by atoms with Crippen molar-refractivity contribution >= 4 is 34.3 Å². The molecule has 0 aromatic carbocycles. The van der Waals surface area contributed by atoms with Crippen molar-refractivity contribution in [3.8, 4) is 0 Å². The first-order valence-corrected chi connectivity index (χ1v) is 8.40. The van der Waals surface area contributed by atoms with E-state index in [4.69, 9.17) is 0 Å². The van der Waals surface area contributed by atoms with E-state index >= 15 is 0 Å². The maximum atomic E-state index is 12.6. The number of amides is 1. The molecule has 0 aliphatic rings. The van der Waals surface area contributed by atoms with E-state index < -0.39 is 0 Å². The summed E-state index contributed by atoms with van der Waals surface area (Å²) >= 11 is 2.23. The number of rotatable bonds is 7. The van der Waals surface area contributed by atoms with Crippen LogP contribution in [0.3, 0.4) is 0 Å². The highest BCUT2D eigenvalue weighted by Crippen LogP contribution is 2.11. The maximum absolute atomic E-state index is 12.6. The molecular formula is C15H25IN4O. The zero-order valence-corrected chi connectivity index (χ0v) is 15.5. The highest BCUT2D eigenvalue weighted by Gasteiger charge is 2.26. The molecule has 1 amide bonds. The van der Waals surface area contributed by atoms with Crippen molar-refractivity contribution in [2.75, 3.05) is 5.43 Å². The SMILES string of the molecule is CCC(NNc1cc(I)ccn1)C(=O)N(C(C)C)C(C)C. The summed E-state index contributed by atoms with van der Waals surface area (Å²) in [5, 5.41) is 0. The van der Waals surface area contributed by atoms with Gasteiger partial charge < -0.3 is 10.3 Å². The Kier molecular flexibility index (Phi) is 7.37. The van der Waals surface area contributed by atoms with Gasteiger partial charge >= 0.3 is 0 Å². The zero-order chi connectivity index (χ0) is 16.0. The number of hydrogen-bond acceptors (Lipinski definition) is 4. The Hall–Kier alpha value is -0.890. The average molecular weight is 404 g/mol. The molecule has 5 nitrogen and oxygen atoms in total. The molecule has 1 aromatic rings. The third kappa shape index (κ3) is 5.43. The highest BCUT2D eigenvalue weighted by atomic mass is 127. The van der Waals surface area contributed by atoms with Gasteiger partial charge in [-0.15, -0.1) is 0 Å². The molecule has 0 radical (unpaired) electrons. The van der Waals surface area contributed by atoms with E-state index in [1.165, 1.54) is 0 Å². The van der Waals surface area contributed by atoms with Crippen LogP contribution in [0.25, 0.3) is 0 Å². The molecule has 1 rings (SSSR count). The summed E-state index contributed by atoms with van der Waals surface area (Å²) in [5.74, 6) is 0.828. The number of pyridine rings is 1. The molecule has 6 heteroatoms. The van der Waals surface area contributed by atoms with Crippen LogP contribution in [0.1, 0.15) is 41.0 Å². The number of nitrogens with zero attached hydrogens (tertiary/aromatic N) is 2. The molecule has 0 spiro atoms. The van der Waals surface area contributed by atoms with Gasteiger partial charge in [0.2, 0.25) is 5.91 Å². The summed E-state index contributed by atoms with van der Waals surface area (Å²) < 4.78 is 1.09. The molecule has 1 aromatic heterocycles. The molecule has 0 saturated heterocycles. The Labute approximate surface area is 141 Å². The van der Waals surface area contributed by atoms with Gasteiger partial charge in [-0.25, -0.2) is 10.4 Å². The highest BCUT2D eigenvalue weighted by molar-refractivity contribution is 14.1. The topological polar surface area (TPSA) is 57.3 Å². The molecule has 0 fully saturated rings. The van der Waals surface area contributed by atoms with Gasteiger partial charge in [0.1, 0.15) is 11.9 Å². The van der Waals surface area contributed by atoms with Gasteiger partial charge in [0, 0.05) is 21.9 Å². The summed E-state index contributed by atoms with van der Waals surface area (Å²) in [7, 11) is 0. The zero-order valence-electron chi connectivity index (χ0n) is 13.4. The second kappa shape index (κ2) is 8.53. The third-order valence-electron chi connectivity index (χ3n) is 3.17. The fraction of sp³-hybridized carbons (Fsp3) is 0.600. The minimum Gasteiger partial charge on any atom is -0.336 e. The molecule has 1 atom stereocenters. The lowest BCUT2D eigenvalue weighted by molar-refractivity contribution is -0.137. The summed E-state index contributed by atoms with van der Waals surface area (Å²) in [6.07, 6.45) is 2.45. The number of aromatic nitrogens is 1. The van der Waals surface area contributed by atoms with Crippen LogP contribution in [0.4, 0.5) is 5.82 Å². The van der Waals surface area contributed by atoms with Crippen LogP contribution >= 0.6 is 22.6 Å². The Morgan fingerprint density at radius 3 is 2.43 bits per heavy atom. The normalized spacial score (nSPS) is 12.6. The largest absolute Gasteiger partial charge is 0.336 e. The Bertz CT molecular complexity index is 457. The van der Waals surface area contributed by atoms with Crippen LogP contribution in [0.5, 0.6) is 0 Å². The van der Waals surface area contributed by atoms with Crippen LogP contribution in [-0.4, -0.2) is 33.9 Å². The van der Waals surface area contributed by atoms with Gasteiger partial charge in [-0.05, 0) is 68.8 Å². The van der Waals surface area contributed by atoms with Gasteiger partial charge in [-0.2, -0.15) is 0 Å². The smallest absolute Gasteiger partial charge is 0.241 e. The van der Waals surface area contributed by atoms with Crippen molar-refractivity contribution in [3.05, 3.63) is 21.9 Å². The summed E-state index contributed by atoms with van der Waals surface area (Å²) in [6.45, 7) is 10.2. The number of hydrogen-bond donors (Lipinski definition) is 2. The minimum absolute atomic E-state index is 0.112. The second-order valence-corrected chi connectivity index (χ2v) is 6.77. The molecule has 0 saturated carbocycles. The molecule has 0 aliphatic carbocycles. The first kappa shape index (κ1) is 18.2. The van der Waals surface area contributed by atoms with Crippen LogP contribution in [-0.2, 0) is 4.79 Å². The summed E-state index contributed by atoms with van der Waals surface area (Å²) in [6, 6.07) is 3.95. The Morgan fingerprint density at radius 1 is 1.33 bits per heavy atom. The predicted molar refractivity (Wildman–Crippen MR) is 94.9 cm³/mol. The first-order valence-electron chi connectivity index (χ1n) is 7.32. The molecule has 2 N–H and O–H groups in total. The molecule has 0 bridgehead atoms. The molecule has 118 valence electrons. The number of anilines is 1. The summed E-state index contributed by atoms with van der Waals surface area (Å²) in [5.41, 5.74) is 6.13. The lowest BCUT2D eigenvalue weighted by atomic mass is 10.1. The van der Waals surface area contributed by atoms with E-state index in [2.05, 4.69) is 38.4 Å². The Morgan fingerprint density at radius 2 is 1.95 bits per heavy atom. The quantitative estimate of drug-likeness (QED) is 0.542. The molecule has 1 unspecified atom stereocenters. The Balaban J connectivity index is 2.71. The fourth-order valence-electron chi connectivity index (χ4n) is 2.26. The van der Waals surface area contributed by atoms with Crippen LogP contribution in [0, 0.1) is 3.57 Å². The van der Waals surface area contributed by atoms with Crippen molar-refractivity contribution in [1.82, 2.24) is 15.3 Å². The van der Waals surface area contributed by atoms with E-state index in [0.717, 1.165) is 3.57 Å².